The summed E-state index contributed by atoms with van der Waals surface area (Å²) in [6, 6.07) is 5.22. The highest BCUT2D eigenvalue weighted by Crippen LogP contribution is 2.21. The van der Waals surface area contributed by atoms with Crippen LogP contribution >= 0.6 is 0 Å². The molecule has 0 aromatic heterocycles. The minimum Gasteiger partial charge on any atom is -0.378 e. The molecule has 1 aliphatic heterocycles. The molecule has 0 aliphatic carbocycles. The number of hydrogen-bond acceptors (Lipinski definition) is 3. The number of carbonyl (C=O) groups excluding carboxylic acids is 2. The van der Waals surface area contributed by atoms with Crippen LogP contribution in [0.1, 0.15) is 36.7 Å². The topological polar surface area (TPSA) is 70.7 Å². The van der Waals surface area contributed by atoms with Crippen LogP contribution in [0.25, 0.3) is 0 Å². The molecule has 1 saturated heterocycles. The Bertz CT molecular complexity index is 595. The molecule has 6 nitrogen and oxygen atoms in total. The molecule has 2 rings (SSSR count). The standard InChI is InChI=1S/C18H27N3O3/c1-12(2)14(4)19-18(23)20-16-7-5-6-15(13(16)3)17(22)21-8-10-24-11-9-21/h5-7,12,14H,8-11H2,1-4H3,(H2,19,20,23). The van der Waals surface area contributed by atoms with E-state index in [9.17, 15) is 9.59 Å². The number of amides is 3. The van der Waals surface area contributed by atoms with Crippen molar-refractivity contribution in [1.29, 1.82) is 0 Å². The summed E-state index contributed by atoms with van der Waals surface area (Å²) >= 11 is 0. The van der Waals surface area contributed by atoms with E-state index in [1.807, 2.05) is 19.9 Å². The van der Waals surface area contributed by atoms with Gasteiger partial charge >= 0.3 is 6.03 Å². The molecule has 1 fully saturated rings. The van der Waals surface area contributed by atoms with E-state index < -0.39 is 0 Å². The Morgan fingerprint density at radius 3 is 2.46 bits per heavy atom. The van der Waals surface area contributed by atoms with Crippen molar-refractivity contribution in [2.24, 2.45) is 5.92 Å². The van der Waals surface area contributed by atoms with Crippen molar-refractivity contribution in [3.8, 4) is 0 Å². The minimum atomic E-state index is -0.254. The monoisotopic (exact) mass is 333 g/mol. The van der Waals surface area contributed by atoms with Gasteiger partial charge in [-0.25, -0.2) is 4.79 Å². The third-order valence-corrected chi connectivity index (χ3v) is 4.47. The van der Waals surface area contributed by atoms with Crippen molar-refractivity contribution in [3.63, 3.8) is 0 Å². The molecule has 1 aromatic carbocycles. The van der Waals surface area contributed by atoms with Crippen molar-refractivity contribution in [3.05, 3.63) is 29.3 Å². The van der Waals surface area contributed by atoms with Crippen LogP contribution in [0.2, 0.25) is 0 Å². The second-order valence-electron chi connectivity index (χ2n) is 6.51. The predicted octanol–water partition coefficient (Wildman–Crippen LogP) is 2.63. The lowest BCUT2D eigenvalue weighted by molar-refractivity contribution is 0.0302. The summed E-state index contributed by atoms with van der Waals surface area (Å²) in [5.41, 5.74) is 2.05. The fourth-order valence-electron chi connectivity index (χ4n) is 2.47. The van der Waals surface area contributed by atoms with Gasteiger partial charge in [-0.2, -0.15) is 0 Å². The first-order valence-electron chi connectivity index (χ1n) is 8.44. The van der Waals surface area contributed by atoms with Gasteiger partial charge in [0.15, 0.2) is 0 Å². The lowest BCUT2D eigenvalue weighted by Gasteiger charge is -2.27. The second-order valence-corrected chi connectivity index (χ2v) is 6.51. The van der Waals surface area contributed by atoms with Crippen LogP contribution < -0.4 is 10.6 Å². The summed E-state index contributed by atoms with van der Waals surface area (Å²) in [7, 11) is 0. The maximum Gasteiger partial charge on any atom is 0.319 e. The Morgan fingerprint density at radius 1 is 1.17 bits per heavy atom. The number of urea groups is 1. The lowest BCUT2D eigenvalue weighted by Crippen LogP contribution is -2.41. The summed E-state index contributed by atoms with van der Waals surface area (Å²) < 4.78 is 5.29. The number of hydrogen-bond donors (Lipinski definition) is 2. The van der Waals surface area contributed by atoms with Gasteiger partial charge in [-0.1, -0.05) is 19.9 Å². The smallest absolute Gasteiger partial charge is 0.319 e. The Kier molecular flexibility index (Phi) is 6.20. The van der Waals surface area contributed by atoms with Crippen molar-refractivity contribution in [2.45, 2.75) is 33.7 Å². The van der Waals surface area contributed by atoms with Crippen molar-refractivity contribution in [2.75, 3.05) is 31.6 Å². The molecule has 1 unspecified atom stereocenters. The molecule has 2 N–H and O–H groups in total. The lowest BCUT2D eigenvalue weighted by atomic mass is 10.0. The van der Waals surface area contributed by atoms with E-state index in [0.29, 0.717) is 43.5 Å². The van der Waals surface area contributed by atoms with Gasteiger partial charge in [-0.05, 0) is 37.5 Å². The molecule has 3 amide bonds. The molecule has 132 valence electrons. The molecule has 1 heterocycles. The Labute approximate surface area is 143 Å². The maximum atomic E-state index is 12.7. The first kappa shape index (κ1) is 18.3. The highest BCUT2D eigenvalue weighted by molar-refractivity contribution is 5.99. The fourth-order valence-corrected chi connectivity index (χ4v) is 2.47. The van der Waals surface area contributed by atoms with E-state index in [-0.39, 0.29) is 18.0 Å². The molecule has 1 aromatic rings. The summed E-state index contributed by atoms with van der Waals surface area (Å²) in [6.45, 7) is 10.3. The quantitative estimate of drug-likeness (QED) is 0.890. The molecule has 0 radical (unpaired) electrons. The van der Waals surface area contributed by atoms with Gasteiger partial charge in [0.05, 0.1) is 13.2 Å². The fraction of sp³-hybridized carbons (Fsp3) is 0.556. The molecule has 6 heteroatoms. The van der Waals surface area contributed by atoms with Crippen LogP contribution in [-0.2, 0) is 4.74 Å². The number of nitrogens with one attached hydrogen (secondary N) is 2. The molecule has 1 aliphatic rings. The van der Waals surface area contributed by atoms with Crippen LogP contribution in [0.4, 0.5) is 10.5 Å². The van der Waals surface area contributed by atoms with E-state index in [1.165, 1.54) is 0 Å². The number of rotatable bonds is 4. The predicted molar refractivity (Wildman–Crippen MR) is 94.4 cm³/mol. The molecule has 0 bridgehead atoms. The van der Waals surface area contributed by atoms with Crippen LogP contribution in [0, 0.1) is 12.8 Å². The highest BCUT2D eigenvalue weighted by Gasteiger charge is 2.21. The van der Waals surface area contributed by atoms with E-state index in [1.54, 1.807) is 17.0 Å². The largest absolute Gasteiger partial charge is 0.378 e. The van der Waals surface area contributed by atoms with Gasteiger partial charge in [0.25, 0.3) is 5.91 Å². The Morgan fingerprint density at radius 2 is 1.83 bits per heavy atom. The average molecular weight is 333 g/mol. The molecule has 0 saturated carbocycles. The molecule has 1 atom stereocenters. The molecular weight excluding hydrogens is 306 g/mol. The van der Waals surface area contributed by atoms with Gasteiger partial charge in [0, 0.05) is 30.4 Å². The number of anilines is 1. The number of benzene rings is 1. The van der Waals surface area contributed by atoms with Crippen LogP contribution in [0.5, 0.6) is 0 Å². The van der Waals surface area contributed by atoms with Crippen molar-refractivity contribution in [1.82, 2.24) is 10.2 Å². The van der Waals surface area contributed by atoms with Gasteiger partial charge in [0.2, 0.25) is 0 Å². The number of morpholine rings is 1. The van der Waals surface area contributed by atoms with Gasteiger partial charge in [0.1, 0.15) is 0 Å². The third kappa shape index (κ3) is 4.47. The Balaban J connectivity index is 2.09. The zero-order chi connectivity index (χ0) is 17.7. The van der Waals surface area contributed by atoms with Crippen molar-refractivity contribution >= 4 is 17.6 Å². The van der Waals surface area contributed by atoms with Crippen LogP contribution in [0.3, 0.4) is 0 Å². The average Bonchev–Trinajstić information content (AvgIpc) is 2.56. The van der Waals surface area contributed by atoms with E-state index in [0.717, 1.165) is 5.56 Å². The zero-order valence-corrected chi connectivity index (χ0v) is 14.9. The first-order valence-corrected chi connectivity index (χ1v) is 8.44. The van der Waals surface area contributed by atoms with E-state index >= 15 is 0 Å². The summed E-state index contributed by atoms with van der Waals surface area (Å²) in [5, 5.41) is 5.75. The summed E-state index contributed by atoms with van der Waals surface area (Å²) in [4.78, 5) is 26.6. The molecule has 24 heavy (non-hydrogen) atoms. The second kappa shape index (κ2) is 8.15. The van der Waals surface area contributed by atoms with E-state index in [2.05, 4.69) is 24.5 Å². The van der Waals surface area contributed by atoms with Crippen LogP contribution in [0.15, 0.2) is 18.2 Å². The van der Waals surface area contributed by atoms with E-state index in [4.69, 9.17) is 4.74 Å². The SMILES string of the molecule is Cc1c(NC(=O)NC(C)C(C)C)cccc1C(=O)N1CCOCC1. The number of ether oxygens (including phenoxy) is 1. The van der Waals surface area contributed by atoms with Gasteiger partial charge < -0.3 is 20.3 Å². The third-order valence-electron chi connectivity index (χ3n) is 4.47. The maximum absolute atomic E-state index is 12.7. The van der Waals surface area contributed by atoms with Gasteiger partial charge in [-0.15, -0.1) is 0 Å². The number of carbonyl (C=O) groups is 2. The Hall–Kier alpha value is -2.08. The highest BCUT2D eigenvalue weighted by atomic mass is 16.5. The van der Waals surface area contributed by atoms with Gasteiger partial charge in [-0.3, -0.25) is 4.79 Å². The first-order chi connectivity index (χ1) is 11.4. The molecular formula is C18H27N3O3. The summed E-state index contributed by atoms with van der Waals surface area (Å²) in [5.74, 6) is 0.335. The normalized spacial score (nSPS) is 16.0. The molecule has 0 spiro atoms. The number of nitrogens with zero attached hydrogens (tertiary/aromatic N) is 1. The zero-order valence-electron chi connectivity index (χ0n) is 14.9. The van der Waals surface area contributed by atoms with Crippen LogP contribution in [-0.4, -0.2) is 49.2 Å². The minimum absolute atomic E-state index is 0.0181. The van der Waals surface area contributed by atoms with Crippen molar-refractivity contribution < 1.29 is 14.3 Å². The summed E-state index contributed by atoms with van der Waals surface area (Å²) in [6.07, 6.45) is 0.